The van der Waals surface area contributed by atoms with Gasteiger partial charge in [0.1, 0.15) is 5.75 Å². The highest BCUT2D eigenvalue weighted by atomic mass is 32.2. The average Bonchev–Trinajstić information content (AvgIpc) is 2.81. The zero-order valence-corrected chi connectivity index (χ0v) is 22.7. The van der Waals surface area contributed by atoms with Crippen LogP contribution in [0.25, 0.3) is 0 Å². The number of para-hydroxylation sites is 1. The fourth-order valence-corrected chi connectivity index (χ4v) is 6.02. The third kappa shape index (κ3) is 6.88. The van der Waals surface area contributed by atoms with Crippen molar-refractivity contribution < 1.29 is 17.9 Å². The number of benzene rings is 3. The van der Waals surface area contributed by atoms with E-state index in [0.717, 1.165) is 12.0 Å². The number of nitrogens with zero attached hydrogens (tertiary/aromatic N) is 1. The molecule has 3 rings (SSSR count). The molecule has 0 aliphatic carbocycles. The number of ether oxygens (including phenoxy) is 1. The normalized spacial score (nSPS) is 12.2. The lowest BCUT2D eigenvalue weighted by atomic mass is 9.81. The van der Waals surface area contributed by atoms with Crippen molar-refractivity contribution in [3.05, 3.63) is 90.0 Å². The third-order valence-electron chi connectivity index (χ3n) is 5.66. The number of anilines is 1. The van der Waals surface area contributed by atoms with Crippen LogP contribution in [-0.2, 0) is 16.6 Å². The first-order chi connectivity index (χ1) is 16.8. The molecule has 0 saturated heterocycles. The van der Waals surface area contributed by atoms with Crippen LogP contribution in [0.5, 0.6) is 5.75 Å². The molecule has 192 valence electrons. The van der Waals surface area contributed by atoms with E-state index < -0.39 is 15.6 Å². The molecule has 1 N–H and O–H groups in total. The van der Waals surface area contributed by atoms with Crippen molar-refractivity contribution >= 4 is 21.6 Å². The van der Waals surface area contributed by atoms with E-state index in [1.807, 2.05) is 44.2 Å². The number of amides is 1. The van der Waals surface area contributed by atoms with Gasteiger partial charge in [-0.05, 0) is 67.6 Å². The van der Waals surface area contributed by atoms with E-state index in [4.69, 9.17) is 4.74 Å². The maximum atomic E-state index is 13.9. The van der Waals surface area contributed by atoms with Crippen LogP contribution in [0.4, 0.5) is 5.69 Å². The molecule has 1 amide bonds. The van der Waals surface area contributed by atoms with Gasteiger partial charge in [0, 0.05) is 5.54 Å². The van der Waals surface area contributed by atoms with E-state index in [0.29, 0.717) is 17.0 Å². The Morgan fingerprint density at radius 3 is 2.03 bits per heavy atom. The molecule has 0 bridgehead atoms. The van der Waals surface area contributed by atoms with Crippen molar-refractivity contribution in [1.82, 2.24) is 5.32 Å². The first kappa shape index (κ1) is 27.3. The summed E-state index contributed by atoms with van der Waals surface area (Å²) in [6.07, 6.45) is 0.756. The molecule has 36 heavy (non-hydrogen) atoms. The number of carbonyl (C=O) groups excluding carboxylic acids is 1. The molecule has 0 unspecified atom stereocenters. The second-order valence-corrected chi connectivity index (χ2v) is 12.6. The van der Waals surface area contributed by atoms with Crippen LogP contribution in [0.3, 0.4) is 0 Å². The van der Waals surface area contributed by atoms with Gasteiger partial charge in [-0.25, -0.2) is 8.42 Å². The minimum absolute atomic E-state index is 0.00729. The number of methoxy groups -OCH3 is 1. The van der Waals surface area contributed by atoms with E-state index in [-0.39, 0.29) is 22.8 Å². The van der Waals surface area contributed by atoms with Gasteiger partial charge in [-0.3, -0.25) is 9.10 Å². The summed E-state index contributed by atoms with van der Waals surface area (Å²) in [6, 6.07) is 22.4. The number of hydrogen-bond acceptors (Lipinski definition) is 4. The second-order valence-electron chi connectivity index (χ2n) is 10.8. The lowest BCUT2D eigenvalue weighted by Gasteiger charge is -2.34. The average molecular weight is 509 g/mol. The molecule has 0 atom stereocenters. The summed E-state index contributed by atoms with van der Waals surface area (Å²) >= 11 is 0. The molecule has 3 aromatic rings. The van der Waals surface area contributed by atoms with Gasteiger partial charge in [-0.1, -0.05) is 63.2 Å². The first-order valence-electron chi connectivity index (χ1n) is 11.9. The third-order valence-corrected chi connectivity index (χ3v) is 7.43. The monoisotopic (exact) mass is 508 g/mol. The molecule has 0 radical (unpaired) electrons. The molecule has 7 heteroatoms. The van der Waals surface area contributed by atoms with Crippen LogP contribution in [0, 0.1) is 5.41 Å². The van der Waals surface area contributed by atoms with Gasteiger partial charge in [-0.2, -0.15) is 0 Å². The Bertz CT molecular complexity index is 1280. The maximum absolute atomic E-state index is 13.9. The molecule has 6 nitrogen and oxygen atoms in total. The summed E-state index contributed by atoms with van der Waals surface area (Å²) in [5, 5.41) is 3.12. The first-order valence-corrected chi connectivity index (χ1v) is 13.4. The molecule has 3 aromatic carbocycles. The van der Waals surface area contributed by atoms with Crippen molar-refractivity contribution in [1.29, 1.82) is 0 Å². The molecular formula is C29H36N2O4S. The van der Waals surface area contributed by atoms with E-state index in [2.05, 4.69) is 26.1 Å². The summed E-state index contributed by atoms with van der Waals surface area (Å²) in [4.78, 5) is 13.6. The Morgan fingerprint density at radius 1 is 0.861 bits per heavy atom. The van der Waals surface area contributed by atoms with Crippen LogP contribution in [-0.4, -0.2) is 27.0 Å². The van der Waals surface area contributed by atoms with E-state index in [9.17, 15) is 13.2 Å². The van der Waals surface area contributed by atoms with Gasteiger partial charge in [0.2, 0.25) is 0 Å². The minimum Gasteiger partial charge on any atom is -0.497 e. The topological polar surface area (TPSA) is 75.7 Å². The summed E-state index contributed by atoms with van der Waals surface area (Å²) in [7, 11) is -2.48. The highest BCUT2D eigenvalue weighted by Gasteiger charge is 2.31. The van der Waals surface area contributed by atoms with Crippen molar-refractivity contribution in [3.8, 4) is 5.75 Å². The highest BCUT2D eigenvalue weighted by molar-refractivity contribution is 7.92. The number of carbonyl (C=O) groups is 1. The zero-order chi connectivity index (χ0) is 26.6. The summed E-state index contributed by atoms with van der Waals surface area (Å²) in [5.74, 6) is 0.243. The van der Waals surface area contributed by atoms with Gasteiger partial charge in [0.05, 0.1) is 29.8 Å². The van der Waals surface area contributed by atoms with Gasteiger partial charge in [0.25, 0.3) is 15.9 Å². The van der Waals surface area contributed by atoms with Gasteiger partial charge < -0.3 is 10.1 Å². The predicted molar refractivity (Wildman–Crippen MR) is 145 cm³/mol. The van der Waals surface area contributed by atoms with Crippen molar-refractivity contribution in [2.24, 2.45) is 5.41 Å². The molecule has 0 aliphatic rings. The van der Waals surface area contributed by atoms with Crippen LogP contribution < -0.4 is 14.4 Å². The Labute approximate surface area is 215 Å². The Morgan fingerprint density at radius 2 is 1.44 bits per heavy atom. The molecule has 0 aliphatic heterocycles. The van der Waals surface area contributed by atoms with Crippen LogP contribution >= 0.6 is 0 Å². The second kappa shape index (κ2) is 10.7. The number of sulfonamides is 1. The lowest BCUT2D eigenvalue weighted by molar-refractivity contribution is 0.0892. The van der Waals surface area contributed by atoms with E-state index in [1.165, 1.54) is 23.5 Å². The SMILES string of the molecule is COc1ccc(S(=O)(=O)N(Cc2ccccc2)c2ccccc2C(=O)NC(C)(C)CC(C)(C)C)cc1. The Balaban J connectivity index is 2.07. The minimum atomic E-state index is -4.01. The lowest BCUT2D eigenvalue weighted by Crippen LogP contribution is -2.46. The summed E-state index contributed by atoms with van der Waals surface area (Å²) in [6.45, 7) is 10.4. The standard InChI is InChI=1S/C29H36N2O4S/c1-28(2,3)21-29(4,5)30-27(32)25-14-10-11-15-26(25)31(20-22-12-8-7-9-13-22)36(33,34)24-18-16-23(35-6)17-19-24/h7-19H,20-21H2,1-6H3,(H,30,32). The van der Waals surface area contributed by atoms with Crippen molar-refractivity contribution in [2.45, 2.75) is 58.0 Å². The summed E-state index contributed by atoms with van der Waals surface area (Å²) < 4.78 is 34.4. The fourth-order valence-electron chi connectivity index (χ4n) is 4.55. The Hall–Kier alpha value is -3.32. The number of nitrogens with one attached hydrogen (secondary N) is 1. The largest absolute Gasteiger partial charge is 0.497 e. The molecule has 0 fully saturated rings. The van der Waals surface area contributed by atoms with E-state index in [1.54, 1.807) is 36.4 Å². The molecule has 0 spiro atoms. The zero-order valence-electron chi connectivity index (χ0n) is 21.9. The van der Waals surface area contributed by atoms with Crippen molar-refractivity contribution in [2.75, 3.05) is 11.4 Å². The molecule has 0 saturated carbocycles. The molecular weight excluding hydrogens is 472 g/mol. The van der Waals surface area contributed by atoms with Gasteiger partial charge in [0.15, 0.2) is 0 Å². The van der Waals surface area contributed by atoms with Gasteiger partial charge in [-0.15, -0.1) is 0 Å². The number of rotatable bonds is 9. The highest BCUT2D eigenvalue weighted by Crippen LogP contribution is 2.31. The van der Waals surface area contributed by atoms with E-state index >= 15 is 0 Å². The fraction of sp³-hybridized carbons (Fsp3) is 0.345. The molecule has 0 heterocycles. The van der Waals surface area contributed by atoms with Crippen LogP contribution in [0.15, 0.2) is 83.8 Å². The maximum Gasteiger partial charge on any atom is 0.264 e. The predicted octanol–water partition coefficient (Wildman–Crippen LogP) is 6.04. The van der Waals surface area contributed by atoms with Crippen LogP contribution in [0.1, 0.15) is 57.0 Å². The van der Waals surface area contributed by atoms with Gasteiger partial charge >= 0.3 is 0 Å². The quantitative estimate of drug-likeness (QED) is 0.383. The van der Waals surface area contributed by atoms with Crippen molar-refractivity contribution in [3.63, 3.8) is 0 Å². The number of hydrogen-bond donors (Lipinski definition) is 1. The van der Waals surface area contributed by atoms with Crippen LogP contribution in [0.2, 0.25) is 0 Å². The summed E-state index contributed by atoms with van der Waals surface area (Å²) in [5.41, 5.74) is 0.945. The Kier molecular flexibility index (Phi) is 8.14. The molecule has 0 aromatic heterocycles. The smallest absolute Gasteiger partial charge is 0.264 e.